The molecule has 1 aromatic carbocycles. The van der Waals surface area contributed by atoms with Crippen LogP contribution in [0.3, 0.4) is 0 Å². The fraction of sp³-hybridized carbons (Fsp3) is 0.526. The van der Waals surface area contributed by atoms with Crippen LogP contribution in [0.4, 0.5) is 4.79 Å². The lowest BCUT2D eigenvalue weighted by Gasteiger charge is -2.25. The minimum atomic E-state index is -0.306. The third-order valence-electron chi connectivity index (χ3n) is 3.82. The number of H-pyrrole nitrogens is 1. The van der Waals surface area contributed by atoms with Gasteiger partial charge in [-0.05, 0) is 46.2 Å². The van der Waals surface area contributed by atoms with Gasteiger partial charge in [0.2, 0.25) is 5.91 Å². The molecule has 7 heteroatoms. The second-order valence-corrected chi connectivity index (χ2v) is 7.35. The number of urea groups is 1. The summed E-state index contributed by atoms with van der Waals surface area (Å²) in [5.41, 5.74) is 1.67. The van der Waals surface area contributed by atoms with Gasteiger partial charge in [0.1, 0.15) is 12.4 Å². The molecule has 7 nitrogen and oxygen atoms in total. The minimum Gasteiger partial charge on any atom is -0.350 e. The van der Waals surface area contributed by atoms with Crippen molar-refractivity contribution < 1.29 is 9.59 Å². The maximum absolute atomic E-state index is 12.2. The second kappa shape index (κ2) is 8.69. The van der Waals surface area contributed by atoms with Gasteiger partial charge in [-0.25, -0.2) is 9.78 Å². The summed E-state index contributed by atoms with van der Waals surface area (Å²) in [6.07, 6.45) is 1.53. The number of fused-ring (bicyclic) bond motifs is 1. The summed E-state index contributed by atoms with van der Waals surface area (Å²) in [4.78, 5) is 33.5. The average Bonchev–Trinajstić information content (AvgIpc) is 2.97. The van der Waals surface area contributed by atoms with Crippen LogP contribution in [0.2, 0.25) is 0 Å². The average molecular weight is 359 g/mol. The number of benzene rings is 1. The monoisotopic (exact) mass is 359 g/mol. The molecule has 0 aliphatic carbocycles. The standard InChI is InChI=1S/C19H29N5O2/c1-5-24(13-17(25)23-19(2,3)4)18(26)20-12-8-11-16-21-14-9-6-7-10-15(14)22-16/h6-7,9-10H,5,8,11-13H2,1-4H3,(H,20,26)(H,21,22)(H,23,25). The molecule has 0 fully saturated rings. The van der Waals surface area contributed by atoms with Crippen LogP contribution in [-0.4, -0.2) is 52.0 Å². The molecule has 0 spiro atoms. The Balaban J connectivity index is 1.74. The molecule has 2 rings (SSSR count). The van der Waals surface area contributed by atoms with Crippen molar-refractivity contribution in [2.45, 2.75) is 46.1 Å². The van der Waals surface area contributed by atoms with E-state index in [0.717, 1.165) is 29.7 Å². The molecule has 0 saturated carbocycles. The number of likely N-dealkylation sites (N-methyl/N-ethyl adjacent to an activating group) is 1. The van der Waals surface area contributed by atoms with Gasteiger partial charge in [0.25, 0.3) is 0 Å². The number of aromatic nitrogens is 2. The smallest absolute Gasteiger partial charge is 0.317 e. The van der Waals surface area contributed by atoms with E-state index in [1.807, 2.05) is 52.0 Å². The number of aryl methyl sites for hydroxylation is 1. The predicted octanol–water partition coefficient (Wildman–Crippen LogP) is 2.44. The largest absolute Gasteiger partial charge is 0.350 e. The van der Waals surface area contributed by atoms with E-state index in [2.05, 4.69) is 20.6 Å². The summed E-state index contributed by atoms with van der Waals surface area (Å²) in [5.74, 6) is 0.758. The summed E-state index contributed by atoms with van der Waals surface area (Å²) in [6, 6.07) is 7.68. The number of aromatic amines is 1. The zero-order valence-corrected chi connectivity index (χ0v) is 16.1. The molecule has 0 radical (unpaired) electrons. The van der Waals surface area contributed by atoms with Crippen molar-refractivity contribution in [2.24, 2.45) is 0 Å². The molecule has 0 bridgehead atoms. The normalized spacial score (nSPS) is 11.4. The van der Waals surface area contributed by atoms with E-state index < -0.39 is 0 Å². The van der Waals surface area contributed by atoms with Gasteiger partial charge in [-0.2, -0.15) is 0 Å². The minimum absolute atomic E-state index is 0.0587. The molecule has 26 heavy (non-hydrogen) atoms. The van der Waals surface area contributed by atoms with Crippen molar-refractivity contribution in [3.63, 3.8) is 0 Å². The number of hydrogen-bond donors (Lipinski definition) is 3. The Morgan fingerprint density at radius 3 is 2.62 bits per heavy atom. The Labute approximate surface area is 154 Å². The molecule has 1 heterocycles. The van der Waals surface area contributed by atoms with E-state index in [-0.39, 0.29) is 24.0 Å². The first-order valence-corrected chi connectivity index (χ1v) is 9.06. The highest BCUT2D eigenvalue weighted by atomic mass is 16.2. The number of amides is 3. The van der Waals surface area contributed by atoms with Gasteiger partial charge in [-0.3, -0.25) is 4.79 Å². The third kappa shape index (κ3) is 6.06. The molecule has 0 unspecified atom stereocenters. The number of rotatable bonds is 7. The quantitative estimate of drug-likeness (QED) is 0.663. The predicted molar refractivity (Wildman–Crippen MR) is 103 cm³/mol. The van der Waals surface area contributed by atoms with E-state index in [0.29, 0.717) is 13.1 Å². The Morgan fingerprint density at radius 1 is 1.23 bits per heavy atom. The molecule has 0 aliphatic rings. The maximum Gasteiger partial charge on any atom is 0.317 e. The molecule has 3 N–H and O–H groups in total. The fourth-order valence-electron chi connectivity index (χ4n) is 2.65. The van der Waals surface area contributed by atoms with Crippen LogP contribution in [0.1, 0.15) is 39.9 Å². The van der Waals surface area contributed by atoms with E-state index in [1.54, 1.807) is 0 Å². The summed E-state index contributed by atoms with van der Waals surface area (Å²) >= 11 is 0. The van der Waals surface area contributed by atoms with Crippen molar-refractivity contribution in [1.29, 1.82) is 0 Å². The van der Waals surface area contributed by atoms with Crippen LogP contribution in [0.5, 0.6) is 0 Å². The van der Waals surface area contributed by atoms with Crippen LogP contribution >= 0.6 is 0 Å². The molecular formula is C19H29N5O2. The lowest BCUT2D eigenvalue weighted by Crippen LogP contribution is -2.49. The van der Waals surface area contributed by atoms with Gasteiger partial charge in [-0.1, -0.05) is 12.1 Å². The number of carbonyl (C=O) groups excluding carboxylic acids is 2. The molecule has 0 atom stereocenters. The third-order valence-corrected chi connectivity index (χ3v) is 3.82. The number of nitrogens with zero attached hydrogens (tertiary/aromatic N) is 2. The summed E-state index contributed by atoms with van der Waals surface area (Å²) < 4.78 is 0. The van der Waals surface area contributed by atoms with Gasteiger partial charge in [0, 0.05) is 25.0 Å². The maximum atomic E-state index is 12.2. The van der Waals surface area contributed by atoms with Crippen molar-refractivity contribution in [2.75, 3.05) is 19.6 Å². The molecule has 142 valence electrons. The van der Waals surface area contributed by atoms with Crippen LogP contribution < -0.4 is 10.6 Å². The van der Waals surface area contributed by atoms with Crippen LogP contribution in [-0.2, 0) is 11.2 Å². The van der Waals surface area contributed by atoms with E-state index in [1.165, 1.54) is 4.90 Å². The number of hydrogen-bond acceptors (Lipinski definition) is 3. The summed E-state index contributed by atoms with van der Waals surface area (Å²) in [6.45, 7) is 8.68. The number of nitrogens with one attached hydrogen (secondary N) is 3. The Hall–Kier alpha value is -2.57. The van der Waals surface area contributed by atoms with Crippen LogP contribution in [0, 0.1) is 0 Å². The van der Waals surface area contributed by atoms with Gasteiger partial charge >= 0.3 is 6.03 Å². The van der Waals surface area contributed by atoms with Crippen LogP contribution in [0.15, 0.2) is 24.3 Å². The number of para-hydroxylation sites is 2. The highest BCUT2D eigenvalue weighted by Gasteiger charge is 2.19. The van der Waals surface area contributed by atoms with Crippen molar-refractivity contribution in [1.82, 2.24) is 25.5 Å². The van der Waals surface area contributed by atoms with Crippen LogP contribution in [0.25, 0.3) is 11.0 Å². The first-order valence-electron chi connectivity index (χ1n) is 9.06. The van der Waals surface area contributed by atoms with Crippen molar-refractivity contribution in [3.05, 3.63) is 30.1 Å². The highest BCUT2D eigenvalue weighted by Crippen LogP contribution is 2.11. The lowest BCUT2D eigenvalue weighted by atomic mass is 10.1. The molecule has 0 aliphatic heterocycles. The molecule has 3 amide bonds. The van der Waals surface area contributed by atoms with Crippen molar-refractivity contribution >= 4 is 23.0 Å². The van der Waals surface area contributed by atoms with E-state index >= 15 is 0 Å². The second-order valence-electron chi connectivity index (χ2n) is 7.35. The van der Waals surface area contributed by atoms with Crippen molar-refractivity contribution in [3.8, 4) is 0 Å². The highest BCUT2D eigenvalue weighted by molar-refractivity contribution is 5.84. The Kier molecular flexibility index (Phi) is 6.60. The summed E-state index contributed by atoms with van der Waals surface area (Å²) in [7, 11) is 0. The van der Waals surface area contributed by atoms with Gasteiger partial charge in [-0.15, -0.1) is 0 Å². The fourth-order valence-corrected chi connectivity index (χ4v) is 2.65. The lowest BCUT2D eigenvalue weighted by molar-refractivity contribution is -0.123. The Morgan fingerprint density at radius 2 is 1.96 bits per heavy atom. The topological polar surface area (TPSA) is 90.1 Å². The first-order chi connectivity index (χ1) is 12.3. The zero-order chi connectivity index (χ0) is 19.2. The zero-order valence-electron chi connectivity index (χ0n) is 16.1. The molecule has 1 aromatic heterocycles. The SMILES string of the molecule is CCN(CC(=O)NC(C)(C)C)C(=O)NCCCc1nc2ccccc2[nH]1. The van der Waals surface area contributed by atoms with Gasteiger partial charge < -0.3 is 20.5 Å². The van der Waals surface area contributed by atoms with Gasteiger partial charge in [0.05, 0.1) is 11.0 Å². The first kappa shape index (κ1) is 19.8. The number of carbonyl (C=O) groups is 2. The van der Waals surface area contributed by atoms with Gasteiger partial charge in [0.15, 0.2) is 0 Å². The van der Waals surface area contributed by atoms with E-state index in [4.69, 9.17) is 0 Å². The molecular weight excluding hydrogens is 330 g/mol. The summed E-state index contributed by atoms with van der Waals surface area (Å²) in [5, 5.41) is 5.74. The molecule has 2 aromatic rings. The number of imidazole rings is 1. The Bertz CT molecular complexity index is 715. The molecule has 0 saturated heterocycles. The van der Waals surface area contributed by atoms with E-state index in [9.17, 15) is 9.59 Å².